The second-order valence-corrected chi connectivity index (χ2v) is 3.80. The molecule has 0 aromatic carbocycles. The largest absolute Gasteiger partial charge is 0.393 e. The molecule has 64 valence electrons. The quantitative estimate of drug-likeness (QED) is 0.612. The van der Waals surface area contributed by atoms with Gasteiger partial charge in [0.1, 0.15) is 0 Å². The summed E-state index contributed by atoms with van der Waals surface area (Å²) < 4.78 is 5.15. The number of hydrogen-bond acceptors (Lipinski definition) is 2. The minimum atomic E-state index is -0.0343. The van der Waals surface area contributed by atoms with Gasteiger partial charge in [0.15, 0.2) is 0 Å². The summed E-state index contributed by atoms with van der Waals surface area (Å²) in [5, 5.41) is 9.59. The van der Waals surface area contributed by atoms with Crippen LogP contribution in [-0.4, -0.2) is 23.9 Å². The first-order chi connectivity index (χ1) is 5.36. The first-order valence-corrected chi connectivity index (χ1v) is 4.66. The van der Waals surface area contributed by atoms with Gasteiger partial charge in [0.05, 0.1) is 18.8 Å². The average Bonchev–Trinajstić information content (AvgIpc) is 2.78. The van der Waals surface area contributed by atoms with Crippen LogP contribution in [0.1, 0.15) is 32.1 Å². The molecule has 11 heavy (non-hydrogen) atoms. The Kier molecular flexibility index (Phi) is 2.14. The Morgan fingerprint density at radius 3 is 2.64 bits per heavy atom. The van der Waals surface area contributed by atoms with Crippen LogP contribution in [-0.2, 0) is 4.74 Å². The number of ether oxygens (including phenoxy) is 1. The lowest BCUT2D eigenvalue weighted by Crippen LogP contribution is -2.25. The lowest BCUT2D eigenvalue weighted by atomic mass is 9.84. The maximum atomic E-state index is 9.59. The van der Waals surface area contributed by atoms with Crippen molar-refractivity contribution < 1.29 is 9.84 Å². The fourth-order valence-corrected chi connectivity index (χ4v) is 2.00. The number of aliphatic hydroxyl groups is 1. The Morgan fingerprint density at radius 1 is 1.27 bits per heavy atom. The molecule has 1 saturated carbocycles. The third-order valence-electron chi connectivity index (χ3n) is 2.84. The van der Waals surface area contributed by atoms with Crippen molar-refractivity contribution >= 4 is 0 Å². The van der Waals surface area contributed by atoms with E-state index in [9.17, 15) is 5.11 Å². The molecule has 1 N–H and O–H groups in total. The fourth-order valence-electron chi connectivity index (χ4n) is 2.00. The van der Waals surface area contributed by atoms with E-state index in [1.807, 2.05) is 0 Å². The highest BCUT2D eigenvalue weighted by atomic mass is 16.6. The number of hydrogen-bond donors (Lipinski definition) is 1. The summed E-state index contributed by atoms with van der Waals surface area (Å²) in [6.45, 7) is 0.934. The SMILES string of the molecule is OC1CCCCC1CC1CO1. The zero-order valence-corrected chi connectivity index (χ0v) is 6.83. The Balaban J connectivity index is 1.78. The molecule has 2 heteroatoms. The molecule has 0 radical (unpaired) electrons. The molecule has 0 amide bonds. The van der Waals surface area contributed by atoms with Gasteiger partial charge in [-0.3, -0.25) is 0 Å². The van der Waals surface area contributed by atoms with E-state index in [0.717, 1.165) is 19.4 Å². The van der Waals surface area contributed by atoms with Gasteiger partial charge in [-0.15, -0.1) is 0 Å². The van der Waals surface area contributed by atoms with Crippen molar-refractivity contribution in [2.75, 3.05) is 6.61 Å². The first-order valence-electron chi connectivity index (χ1n) is 4.66. The van der Waals surface area contributed by atoms with Crippen LogP contribution in [0.5, 0.6) is 0 Å². The van der Waals surface area contributed by atoms with Gasteiger partial charge < -0.3 is 9.84 Å². The van der Waals surface area contributed by atoms with Crippen molar-refractivity contribution in [3.8, 4) is 0 Å². The van der Waals surface area contributed by atoms with Crippen LogP contribution in [0, 0.1) is 5.92 Å². The summed E-state index contributed by atoms with van der Waals surface area (Å²) in [7, 11) is 0. The highest BCUT2D eigenvalue weighted by molar-refractivity contribution is 4.81. The Bertz CT molecular complexity index is 132. The molecule has 1 saturated heterocycles. The third kappa shape index (κ3) is 1.94. The summed E-state index contributed by atoms with van der Waals surface area (Å²) in [6.07, 6.45) is 6.29. The molecule has 1 heterocycles. The van der Waals surface area contributed by atoms with Gasteiger partial charge in [-0.1, -0.05) is 12.8 Å². The highest BCUT2D eigenvalue weighted by Gasteiger charge is 2.31. The molecule has 0 aromatic heterocycles. The van der Waals surface area contributed by atoms with Crippen LogP contribution in [0.15, 0.2) is 0 Å². The van der Waals surface area contributed by atoms with Gasteiger partial charge in [0.25, 0.3) is 0 Å². The third-order valence-corrected chi connectivity index (χ3v) is 2.84. The monoisotopic (exact) mass is 156 g/mol. The number of epoxide rings is 1. The van der Waals surface area contributed by atoms with Gasteiger partial charge in [-0.25, -0.2) is 0 Å². The molecule has 1 aliphatic heterocycles. The standard InChI is InChI=1S/C9H16O2/c10-9-4-2-1-3-7(9)5-8-6-11-8/h7-10H,1-6H2. The first kappa shape index (κ1) is 7.56. The van der Waals surface area contributed by atoms with E-state index >= 15 is 0 Å². The molecule has 2 rings (SSSR count). The smallest absolute Gasteiger partial charge is 0.0813 e. The predicted molar refractivity (Wildman–Crippen MR) is 42.3 cm³/mol. The van der Waals surface area contributed by atoms with Crippen molar-refractivity contribution in [1.82, 2.24) is 0 Å². The second-order valence-electron chi connectivity index (χ2n) is 3.80. The molecule has 2 fully saturated rings. The van der Waals surface area contributed by atoms with E-state index in [1.54, 1.807) is 0 Å². The summed E-state index contributed by atoms with van der Waals surface area (Å²) in [5.74, 6) is 0.538. The molecular weight excluding hydrogens is 140 g/mol. The summed E-state index contributed by atoms with van der Waals surface area (Å²) in [5.41, 5.74) is 0. The molecule has 0 bridgehead atoms. The van der Waals surface area contributed by atoms with E-state index in [2.05, 4.69) is 0 Å². The van der Waals surface area contributed by atoms with Crippen LogP contribution >= 0.6 is 0 Å². The van der Waals surface area contributed by atoms with Gasteiger partial charge in [0, 0.05) is 0 Å². The van der Waals surface area contributed by atoms with Crippen molar-refractivity contribution in [3.05, 3.63) is 0 Å². The Hall–Kier alpha value is -0.0800. The van der Waals surface area contributed by atoms with Gasteiger partial charge in [-0.2, -0.15) is 0 Å². The molecule has 2 aliphatic rings. The van der Waals surface area contributed by atoms with Crippen LogP contribution in [0.4, 0.5) is 0 Å². The molecule has 1 aliphatic carbocycles. The van der Waals surface area contributed by atoms with Gasteiger partial charge in [-0.05, 0) is 25.2 Å². The molecular formula is C9H16O2. The molecule has 3 unspecified atom stereocenters. The van der Waals surface area contributed by atoms with Gasteiger partial charge in [0.2, 0.25) is 0 Å². The van der Waals surface area contributed by atoms with Crippen LogP contribution in [0.3, 0.4) is 0 Å². The lowest BCUT2D eigenvalue weighted by molar-refractivity contribution is 0.0610. The zero-order valence-electron chi connectivity index (χ0n) is 6.83. The highest BCUT2D eigenvalue weighted by Crippen LogP contribution is 2.31. The molecule has 3 atom stereocenters. The minimum absolute atomic E-state index is 0.0343. The molecule has 0 aromatic rings. The molecule has 2 nitrogen and oxygen atoms in total. The fraction of sp³-hybridized carbons (Fsp3) is 1.00. The summed E-state index contributed by atoms with van der Waals surface area (Å²) in [4.78, 5) is 0. The van der Waals surface area contributed by atoms with E-state index in [1.165, 1.54) is 19.3 Å². The Labute approximate surface area is 67.6 Å². The lowest BCUT2D eigenvalue weighted by Gasteiger charge is -2.26. The van der Waals surface area contributed by atoms with Crippen molar-refractivity contribution in [3.63, 3.8) is 0 Å². The summed E-state index contributed by atoms with van der Waals surface area (Å²) >= 11 is 0. The van der Waals surface area contributed by atoms with E-state index in [0.29, 0.717) is 12.0 Å². The summed E-state index contributed by atoms with van der Waals surface area (Å²) in [6, 6.07) is 0. The normalized spacial score (nSPS) is 43.9. The van der Waals surface area contributed by atoms with Gasteiger partial charge >= 0.3 is 0 Å². The van der Waals surface area contributed by atoms with E-state index in [-0.39, 0.29) is 6.10 Å². The van der Waals surface area contributed by atoms with Crippen LogP contribution in [0.2, 0.25) is 0 Å². The Morgan fingerprint density at radius 2 is 2.00 bits per heavy atom. The van der Waals surface area contributed by atoms with E-state index in [4.69, 9.17) is 4.74 Å². The number of aliphatic hydroxyl groups excluding tert-OH is 1. The van der Waals surface area contributed by atoms with Crippen molar-refractivity contribution in [2.24, 2.45) is 5.92 Å². The van der Waals surface area contributed by atoms with Crippen molar-refractivity contribution in [2.45, 2.75) is 44.3 Å². The van der Waals surface area contributed by atoms with E-state index < -0.39 is 0 Å². The van der Waals surface area contributed by atoms with Crippen molar-refractivity contribution in [1.29, 1.82) is 0 Å². The maximum Gasteiger partial charge on any atom is 0.0813 e. The average molecular weight is 156 g/mol. The zero-order chi connectivity index (χ0) is 7.68. The van der Waals surface area contributed by atoms with Crippen LogP contribution in [0.25, 0.3) is 0 Å². The van der Waals surface area contributed by atoms with Crippen LogP contribution < -0.4 is 0 Å². The minimum Gasteiger partial charge on any atom is -0.393 e. The topological polar surface area (TPSA) is 32.8 Å². The second kappa shape index (κ2) is 3.11. The number of rotatable bonds is 2. The predicted octanol–water partition coefficient (Wildman–Crippen LogP) is 1.33. The molecule has 0 spiro atoms. The maximum absolute atomic E-state index is 9.59.